The molecule has 0 aliphatic heterocycles. The average Bonchev–Trinajstić information content (AvgIpc) is 3.54. The number of methoxy groups -OCH3 is 2. The molecule has 1 aromatic rings. The van der Waals surface area contributed by atoms with Crippen LogP contribution >= 0.6 is 24.0 Å². The highest BCUT2D eigenvalue weighted by molar-refractivity contribution is 14.0. The largest absolute Gasteiger partial charge is 0.497 e. The Bertz CT molecular complexity index is 603. The molecule has 2 fully saturated rings. The van der Waals surface area contributed by atoms with Gasteiger partial charge in [-0.15, -0.1) is 24.0 Å². The summed E-state index contributed by atoms with van der Waals surface area (Å²) in [5.74, 6) is 5.23. The second-order valence-electron chi connectivity index (χ2n) is 7.27. The lowest BCUT2D eigenvalue weighted by Gasteiger charge is -2.23. The second kappa shape index (κ2) is 9.67. The van der Waals surface area contributed by atoms with Crippen molar-refractivity contribution in [3.63, 3.8) is 0 Å². The van der Waals surface area contributed by atoms with Crippen molar-refractivity contribution in [2.45, 2.75) is 38.6 Å². The summed E-state index contributed by atoms with van der Waals surface area (Å²) in [7, 11) is 5.20. The first kappa shape index (κ1) is 21.1. The number of halogens is 1. The van der Waals surface area contributed by atoms with Crippen molar-refractivity contribution in [1.82, 2.24) is 10.6 Å². The van der Waals surface area contributed by atoms with E-state index in [0.29, 0.717) is 0 Å². The van der Waals surface area contributed by atoms with Crippen LogP contribution in [0.15, 0.2) is 23.2 Å². The lowest BCUT2D eigenvalue weighted by molar-refractivity contribution is 0.392. The molecule has 1 aromatic carbocycles. The molecule has 146 valence electrons. The van der Waals surface area contributed by atoms with Crippen LogP contribution < -0.4 is 20.1 Å². The topological polar surface area (TPSA) is 54.9 Å². The number of hydrogen-bond donors (Lipinski definition) is 2. The van der Waals surface area contributed by atoms with Gasteiger partial charge in [0.1, 0.15) is 11.5 Å². The van der Waals surface area contributed by atoms with Gasteiger partial charge in [-0.2, -0.15) is 0 Å². The Kier molecular flexibility index (Phi) is 7.85. The van der Waals surface area contributed by atoms with E-state index in [1.165, 1.54) is 25.7 Å². The zero-order valence-electron chi connectivity index (χ0n) is 16.2. The summed E-state index contributed by atoms with van der Waals surface area (Å²) in [4.78, 5) is 4.41. The molecule has 0 bridgehead atoms. The third-order valence-corrected chi connectivity index (χ3v) is 5.44. The molecule has 2 aliphatic rings. The highest BCUT2D eigenvalue weighted by Gasteiger charge is 2.41. The molecule has 0 heterocycles. The Labute approximate surface area is 174 Å². The Hall–Kier alpha value is -1.18. The normalized spacial score (nSPS) is 18.1. The van der Waals surface area contributed by atoms with Gasteiger partial charge in [0.25, 0.3) is 0 Å². The van der Waals surface area contributed by atoms with Gasteiger partial charge in [-0.3, -0.25) is 4.99 Å². The first-order chi connectivity index (χ1) is 12.2. The predicted octanol–water partition coefficient (Wildman–Crippen LogP) is 3.98. The lowest BCUT2D eigenvalue weighted by Crippen LogP contribution is -2.41. The smallest absolute Gasteiger partial charge is 0.191 e. The molecule has 0 saturated heterocycles. The standard InChI is InChI=1S/C20H31N3O2.HI/c1-13(17-11-16(24-3)9-10-19(17)25-4)23-20(21-2)22-12-18(14-5-6-14)15-7-8-15;/h9-11,13-15,18H,5-8,12H2,1-4H3,(H2,21,22,23);1H. The monoisotopic (exact) mass is 473 g/mol. The molecule has 3 rings (SSSR count). The van der Waals surface area contributed by atoms with Crippen molar-refractivity contribution in [3.05, 3.63) is 23.8 Å². The first-order valence-corrected chi connectivity index (χ1v) is 9.35. The van der Waals surface area contributed by atoms with Crippen molar-refractivity contribution < 1.29 is 9.47 Å². The summed E-state index contributed by atoms with van der Waals surface area (Å²) in [6, 6.07) is 5.94. The summed E-state index contributed by atoms with van der Waals surface area (Å²) in [6.07, 6.45) is 5.64. The molecule has 2 N–H and O–H groups in total. The molecule has 6 heteroatoms. The molecular formula is C20H32IN3O2. The maximum Gasteiger partial charge on any atom is 0.191 e. The van der Waals surface area contributed by atoms with Gasteiger partial charge in [0.15, 0.2) is 5.96 Å². The van der Waals surface area contributed by atoms with Gasteiger partial charge in [0.2, 0.25) is 0 Å². The van der Waals surface area contributed by atoms with Gasteiger partial charge < -0.3 is 20.1 Å². The summed E-state index contributed by atoms with van der Waals surface area (Å²) >= 11 is 0. The minimum atomic E-state index is 0. The van der Waals surface area contributed by atoms with E-state index < -0.39 is 0 Å². The van der Waals surface area contributed by atoms with E-state index >= 15 is 0 Å². The van der Waals surface area contributed by atoms with Crippen molar-refractivity contribution in [1.29, 1.82) is 0 Å². The van der Waals surface area contributed by atoms with Crippen LogP contribution in [0.5, 0.6) is 11.5 Å². The van der Waals surface area contributed by atoms with Gasteiger partial charge in [-0.1, -0.05) is 0 Å². The Morgan fingerprint density at radius 2 is 1.81 bits per heavy atom. The zero-order valence-corrected chi connectivity index (χ0v) is 18.6. The number of nitrogens with one attached hydrogen (secondary N) is 2. The van der Waals surface area contributed by atoms with Crippen molar-refractivity contribution >= 4 is 29.9 Å². The van der Waals surface area contributed by atoms with Gasteiger partial charge >= 0.3 is 0 Å². The van der Waals surface area contributed by atoms with Gasteiger partial charge in [-0.25, -0.2) is 0 Å². The number of aliphatic imine (C=N–C) groups is 1. The maximum atomic E-state index is 5.50. The SMILES string of the molecule is CN=C(NCC(C1CC1)C1CC1)NC(C)c1cc(OC)ccc1OC.I. The van der Waals surface area contributed by atoms with E-state index in [1.807, 2.05) is 25.2 Å². The fraction of sp³-hybridized carbons (Fsp3) is 0.650. The van der Waals surface area contributed by atoms with Gasteiger partial charge in [-0.05, 0) is 68.6 Å². The molecule has 0 spiro atoms. The molecule has 1 unspecified atom stereocenters. The zero-order chi connectivity index (χ0) is 17.8. The van der Waals surface area contributed by atoms with E-state index in [-0.39, 0.29) is 30.0 Å². The lowest BCUT2D eigenvalue weighted by atomic mass is 9.98. The van der Waals surface area contributed by atoms with Crippen LogP contribution in [0.3, 0.4) is 0 Å². The third-order valence-electron chi connectivity index (χ3n) is 5.44. The Morgan fingerprint density at radius 3 is 2.31 bits per heavy atom. The van der Waals surface area contributed by atoms with Crippen molar-refractivity contribution in [3.8, 4) is 11.5 Å². The number of guanidine groups is 1. The van der Waals surface area contributed by atoms with Crippen LogP contribution in [0.25, 0.3) is 0 Å². The second-order valence-corrected chi connectivity index (χ2v) is 7.27. The fourth-order valence-electron chi connectivity index (χ4n) is 3.64. The van der Waals surface area contributed by atoms with E-state index in [9.17, 15) is 0 Å². The average molecular weight is 473 g/mol. The summed E-state index contributed by atoms with van der Waals surface area (Å²) < 4.78 is 10.9. The number of nitrogens with zero attached hydrogens (tertiary/aromatic N) is 1. The third kappa shape index (κ3) is 5.41. The minimum absolute atomic E-state index is 0. The summed E-state index contributed by atoms with van der Waals surface area (Å²) in [5, 5.41) is 7.03. The highest BCUT2D eigenvalue weighted by Crippen LogP contribution is 2.48. The van der Waals surface area contributed by atoms with E-state index in [1.54, 1.807) is 14.2 Å². The quantitative estimate of drug-likeness (QED) is 0.341. The molecule has 2 saturated carbocycles. The molecule has 1 atom stereocenters. The van der Waals surface area contributed by atoms with E-state index in [4.69, 9.17) is 9.47 Å². The first-order valence-electron chi connectivity index (χ1n) is 9.35. The molecule has 5 nitrogen and oxygen atoms in total. The van der Waals surface area contributed by atoms with E-state index in [2.05, 4.69) is 22.5 Å². The van der Waals surface area contributed by atoms with Gasteiger partial charge in [0, 0.05) is 19.2 Å². The van der Waals surface area contributed by atoms with Crippen LogP contribution in [0.1, 0.15) is 44.2 Å². The minimum Gasteiger partial charge on any atom is -0.497 e. The number of rotatable bonds is 8. The molecular weight excluding hydrogens is 441 g/mol. The van der Waals surface area contributed by atoms with Crippen molar-refractivity contribution in [2.75, 3.05) is 27.8 Å². The fourth-order valence-corrected chi connectivity index (χ4v) is 3.64. The van der Waals surface area contributed by atoms with Crippen LogP contribution in [0.2, 0.25) is 0 Å². The molecule has 2 aliphatic carbocycles. The van der Waals surface area contributed by atoms with Crippen molar-refractivity contribution in [2.24, 2.45) is 22.7 Å². The highest BCUT2D eigenvalue weighted by atomic mass is 127. The molecule has 0 amide bonds. The Balaban J connectivity index is 0.00000243. The van der Waals surface area contributed by atoms with Crippen LogP contribution in [-0.2, 0) is 0 Å². The number of benzene rings is 1. The van der Waals surface area contributed by atoms with Crippen LogP contribution in [-0.4, -0.2) is 33.8 Å². The molecule has 0 radical (unpaired) electrons. The van der Waals surface area contributed by atoms with Gasteiger partial charge in [0.05, 0.1) is 20.3 Å². The van der Waals surface area contributed by atoms with E-state index in [0.717, 1.165) is 47.3 Å². The summed E-state index contributed by atoms with van der Waals surface area (Å²) in [6.45, 7) is 3.14. The number of ether oxygens (including phenoxy) is 2. The van der Waals surface area contributed by atoms with Crippen LogP contribution in [0, 0.1) is 17.8 Å². The maximum absolute atomic E-state index is 5.50. The molecule has 26 heavy (non-hydrogen) atoms. The van der Waals surface area contributed by atoms with Crippen LogP contribution in [0.4, 0.5) is 0 Å². The summed E-state index contributed by atoms with van der Waals surface area (Å²) in [5.41, 5.74) is 1.06. The Morgan fingerprint density at radius 1 is 1.15 bits per heavy atom. The number of hydrogen-bond acceptors (Lipinski definition) is 3. The molecule has 0 aromatic heterocycles. The predicted molar refractivity (Wildman–Crippen MR) is 117 cm³/mol.